The minimum absolute atomic E-state index is 0. The maximum Gasteiger partial charge on any atom is -1.00 e. The van der Waals surface area contributed by atoms with E-state index >= 15 is 0 Å². The van der Waals surface area contributed by atoms with Crippen molar-refractivity contribution in [1.29, 1.82) is 0 Å². The third-order valence-electron chi connectivity index (χ3n) is 2.08. The van der Waals surface area contributed by atoms with E-state index in [4.69, 9.17) is 6.42 Å². The van der Waals surface area contributed by atoms with Crippen molar-refractivity contribution in [3.05, 3.63) is 30.0 Å². The number of nitrogens with zero attached hydrogens (tertiary/aromatic N) is 1. The minimum atomic E-state index is 0. The molecule has 0 fully saturated rings. The molecule has 0 radical (unpaired) electrons. The Hall–Kier alpha value is -0.551. The maximum absolute atomic E-state index is 5.34. The number of rotatable bonds is 1. The Morgan fingerprint density at radius 2 is 2.14 bits per heavy atom. The fourth-order valence-electron chi connectivity index (χ4n) is 1.46. The molecule has 72 valence electrons. The van der Waals surface area contributed by atoms with Gasteiger partial charge in [0.2, 0.25) is 0 Å². The summed E-state index contributed by atoms with van der Waals surface area (Å²) >= 11 is 0.433. The van der Waals surface area contributed by atoms with Crippen LogP contribution in [0.1, 0.15) is 5.69 Å². The van der Waals surface area contributed by atoms with E-state index in [0.29, 0.717) is 14.7 Å². The van der Waals surface area contributed by atoms with Gasteiger partial charge in [0.15, 0.2) is 0 Å². The predicted molar refractivity (Wildman–Crippen MR) is 54.6 cm³/mol. The van der Waals surface area contributed by atoms with Crippen molar-refractivity contribution in [3.63, 3.8) is 0 Å². The average Bonchev–Trinajstić information content (AvgIpc) is 2.44. The van der Waals surface area contributed by atoms with E-state index in [9.17, 15) is 0 Å². The van der Waals surface area contributed by atoms with E-state index < -0.39 is 0 Å². The fraction of sp³-hybridized carbons (Fsp3) is 0.182. The molecule has 0 saturated carbocycles. The summed E-state index contributed by atoms with van der Waals surface area (Å²) in [4.78, 5) is 0. The summed E-state index contributed by atoms with van der Waals surface area (Å²) in [6, 6.07) is 8.51. The van der Waals surface area contributed by atoms with Gasteiger partial charge in [0.1, 0.15) is 0 Å². The SMILES string of the molecule is C#CCc1c2ccccc2[se][n+]1C.[Br-]. The summed E-state index contributed by atoms with van der Waals surface area (Å²) in [7, 11) is 2.12. The molecule has 0 spiro atoms. The smallest absolute Gasteiger partial charge is 1.00 e. The molecule has 0 unspecified atom stereocenters. The Balaban J connectivity index is 0.000000980. The van der Waals surface area contributed by atoms with Crippen molar-refractivity contribution in [3.8, 4) is 12.3 Å². The molecule has 1 nitrogen and oxygen atoms in total. The standard InChI is InChI=1S/C11H10NSe.BrH/c1-3-6-10-9-7-4-5-8-11(9)13-12(10)2;/h1,4-5,7-8H,6H2,2H3;1H/q+1;/p-1. The largest absolute Gasteiger partial charge is 1.00 e. The molecule has 0 aliphatic rings. The maximum atomic E-state index is 5.34. The first kappa shape index (κ1) is 11.5. The number of aryl methyl sites for hydroxylation is 1. The first-order chi connectivity index (χ1) is 6.33. The molecule has 1 heterocycles. The minimum Gasteiger partial charge on any atom is -1.00 e. The van der Waals surface area contributed by atoms with Crippen LogP contribution in [0.25, 0.3) is 9.65 Å². The Labute approximate surface area is 100 Å². The van der Waals surface area contributed by atoms with Crippen molar-refractivity contribution < 1.29 is 20.5 Å². The van der Waals surface area contributed by atoms with Crippen molar-refractivity contribution in [1.82, 2.24) is 0 Å². The first-order valence-electron chi connectivity index (χ1n) is 4.13. The second kappa shape index (κ2) is 4.79. The van der Waals surface area contributed by atoms with Crippen molar-refractivity contribution >= 4 is 24.4 Å². The quantitative estimate of drug-likeness (QED) is 0.419. The molecule has 2 aromatic rings. The third-order valence-corrected chi connectivity index (χ3v) is 4.28. The van der Waals surface area contributed by atoms with Gasteiger partial charge in [-0.2, -0.15) is 0 Å². The van der Waals surface area contributed by atoms with Crippen LogP contribution >= 0.6 is 0 Å². The van der Waals surface area contributed by atoms with Crippen molar-refractivity contribution in [2.75, 3.05) is 0 Å². The Kier molecular flexibility index (Phi) is 3.95. The molecule has 0 atom stereocenters. The van der Waals surface area contributed by atoms with Crippen LogP contribution in [-0.4, -0.2) is 14.7 Å². The molecule has 0 N–H and O–H groups in total. The zero-order chi connectivity index (χ0) is 9.26. The molecule has 14 heavy (non-hydrogen) atoms. The fourth-order valence-corrected chi connectivity index (χ4v) is 3.54. The van der Waals surface area contributed by atoms with Crippen LogP contribution in [-0.2, 0) is 13.5 Å². The molecular weight excluding hydrogens is 305 g/mol. The van der Waals surface area contributed by atoms with E-state index in [2.05, 4.69) is 40.8 Å². The number of hydrogen-bond donors (Lipinski definition) is 0. The summed E-state index contributed by atoms with van der Waals surface area (Å²) in [6.07, 6.45) is 6.08. The Morgan fingerprint density at radius 1 is 1.43 bits per heavy atom. The van der Waals surface area contributed by atoms with E-state index in [1.165, 1.54) is 15.3 Å². The molecular formula is C11H10BrNSe. The molecule has 0 saturated heterocycles. The van der Waals surface area contributed by atoms with Gasteiger partial charge >= 0.3 is 83.7 Å². The number of halogens is 1. The summed E-state index contributed by atoms with van der Waals surface area (Å²) < 4.78 is 3.74. The summed E-state index contributed by atoms with van der Waals surface area (Å²) in [5.74, 6) is 2.71. The van der Waals surface area contributed by atoms with Gasteiger partial charge in [0, 0.05) is 0 Å². The van der Waals surface area contributed by atoms with Crippen LogP contribution in [0.15, 0.2) is 24.3 Å². The van der Waals surface area contributed by atoms with Gasteiger partial charge in [-0.15, -0.1) is 0 Å². The molecule has 3 heteroatoms. The van der Waals surface area contributed by atoms with Gasteiger partial charge in [-0.05, 0) is 0 Å². The molecule has 2 rings (SSSR count). The van der Waals surface area contributed by atoms with Crippen LogP contribution in [0.4, 0.5) is 0 Å². The molecule has 0 bridgehead atoms. The summed E-state index contributed by atoms with van der Waals surface area (Å²) in [6.45, 7) is 0. The van der Waals surface area contributed by atoms with Crippen LogP contribution < -0.4 is 20.5 Å². The van der Waals surface area contributed by atoms with E-state index in [1.807, 2.05) is 0 Å². The van der Waals surface area contributed by atoms with E-state index in [1.54, 1.807) is 0 Å². The number of aromatic nitrogens is 1. The summed E-state index contributed by atoms with van der Waals surface area (Å²) in [5, 5.41) is 1.35. The molecule has 0 aliphatic heterocycles. The second-order valence-corrected chi connectivity index (χ2v) is 5.37. The van der Waals surface area contributed by atoms with Gasteiger partial charge in [0.25, 0.3) is 0 Å². The van der Waals surface area contributed by atoms with Crippen LogP contribution in [0.2, 0.25) is 0 Å². The summed E-state index contributed by atoms with van der Waals surface area (Å²) in [5.41, 5.74) is 1.30. The molecule has 0 aliphatic carbocycles. The van der Waals surface area contributed by atoms with Crippen molar-refractivity contribution in [2.24, 2.45) is 7.05 Å². The predicted octanol–water partition coefficient (Wildman–Crippen LogP) is -2.10. The molecule has 1 aromatic heterocycles. The van der Waals surface area contributed by atoms with Gasteiger partial charge in [-0.25, -0.2) is 0 Å². The first-order valence-corrected chi connectivity index (χ1v) is 5.75. The van der Waals surface area contributed by atoms with Crippen LogP contribution in [0.5, 0.6) is 0 Å². The normalized spacial score (nSPS) is 9.43. The van der Waals surface area contributed by atoms with Gasteiger partial charge in [0.05, 0.1) is 0 Å². The second-order valence-electron chi connectivity index (χ2n) is 2.91. The topological polar surface area (TPSA) is 3.88 Å². The number of benzene rings is 1. The van der Waals surface area contributed by atoms with Crippen molar-refractivity contribution in [2.45, 2.75) is 6.42 Å². The van der Waals surface area contributed by atoms with Gasteiger partial charge in [-0.1, -0.05) is 0 Å². The molecule has 0 amide bonds. The monoisotopic (exact) mass is 315 g/mol. The number of fused-ring (bicyclic) bond motifs is 1. The zero-order valence-electron chi connectivity index (χ0n) is 7.83. The number of hydrogen-bond acceptors (Lipinski definition) is 0. The van der Waals surface area contributed by atoms with Gasteiger partial charge in [-0.3, -0.25) is 0 Å². The van der Waals surface area contributed by atoms with E-state index in [0.717, 1.165) is 6.42 Å². The van der Waals surface area contributed by atoms with Gasteiger partial charge < -0.3 is 17.0 Å². The van der Waals surface area contributed by atoms with Crippen LogP contribution in [0.3, 0.4) is 0 Å². The van der Waals surface area contributed by atoms with Crippen LogP contribution in [0, 0.1) is 12.3 Å². The number of terminal acetylenes is 1. The molecule has 1 aromatic carbocycles. The zero-order valence-corrected chi connectivity index (χ0v) is 11.1. The average molecular weight is 315 g/mol. The van der Waals surface area contributed by atoms with E-state index in [-0.39, 0.29) is 17.0 Å². The Bertz CT molecular complexity index is 481. The Morgan fingerprint density at radius 3 is 2.86 bits per heavy atom. The third kappa shape index (κ3) is 1.93.